The minimum Gasteiger partial charge on any atom is -0.387 e. The van der Waals surface area contributed by atoms with Gasteiger partial charge in [0, 0.05) is 25.7 Å². The number of nitrogens with zero attached hydrogens (tertiary/aromatic N) is 1. The van der Waals surface area contributed by atoms with Gasteiger partial charge in [-0.25, -0.2) is 0 Å². The van der Waals surface area contributed by atoms with Crippen LogP contribution >= 0.6 is 0 Å². The van der Waals surface area contributed by atoms with Crippen molar-refractivity contribution in [3.8, 4) is 0 Å². The molecule has 0 spiro atoms. The van der Waals surface area contributed by atoms with Crippen LogP contribution in [0.15, 0.2) is 54.6 Å². The van der Waals surface area contributed by atoms with Crippen LogP contribution in [0, 0.1) is 12.8 Å². The Kier molecular flexibility index (Phi) is 6.24. The van der Waals surface area contributed by atoms with Crippen molar-refractivity contribution >= 4 is 0 Å². The van der Waals surface area contributed by atoms with E-state index >= 15 is 0 Å². The highest BCUT2D eigenvalue weighted by Crippen LogP contribution is 2.20. The third-order valence-corrected chi connectivity index (χ3v) is 5.33. The fraction of sp³-hybridized carbons (Fsp3) is 0.455. The summed E-state index contributed by atoms with van der Waals surface area (Å²) in [5, 5.41) is 14.1. The third kappa shape index (κ3) is 5.15. The van der Waals surface area contributed by atoms with E-state index in [4.69, 9.17) is 0 Å². The van der Waals surface area contributed by atoms with Crippen molar-refractivity contribution in [1.29, 1.82) is 0 Å². The predicted octanol–water partition coefficient (Wildman–Crippen LogP) is 3.53. The molecule has 2 aromatic carbocycles. The Hall–Kier alpha value is -1.68. The second-order valence-corrected chi connectivity index (χ2v) is 7.43. The molecule has 25 heavy (non-hydrogen) atoms. The number of likely N-dealkylation sites (tertiary alicyclic amines) is 1. The normalized spacial score (nSPS) is 22.7. The predicted molar refractivity (Wildman–Crippen MR) is 103 cm³/mol. The number of aliphatic hydroxyl groups excluding tert-OH is 1. The lowest BCUT2D eigenvalue weighted by Gasteiger charge is -2.38. The minimum atomic E-state index is -0.447. The van der Waals surface area contributed by atoms with Crippen molar-refractivity contribution in [2.24, 2.45) is 5.92 Å². The van der Waals surface area contributed by atoms with Gasteiger partial charge in [-0.2, -0.15) is 0 Å². The van der Waals surface area contributed by atoms with E-state index < -0.39 is 6.10 Å². The molecular formula is C22H30N2O. The van der Waals surface area contributed by atoms with Gasteiger partial charge in [-0.3, -0.25) is 4.90 Å². The summed E-state index contributed by atoms with van der Waals surface area (Å²) in [5.41, 5.74) is 3.58. The topological polar surface area (TPSA) is 35.5 Å². The smallest absolute Gasteiger partial charge is 0.0914 e. The van der Waals surface area contributed by atoms with E-state index in [1.165, 1.54) is 17.5 Å². The molecule has 0 amide bonds. The average molecular weight is 338 g/mol. The Balaban J connectivity index is 1.52. The molecule has 3 nitrogen and oxygen atoms in total. The van der Waals surface area contributed by atoms with E-state index in [0.717, 1.165) is 25.2 Å². The second kappa shape index (κ2) is 8.61. The molecule has 0 aromatic heterocycles. The molecule has 1 aliphatic rings. The SMILES string of the molecule is Cc1ccc([C@H](O)CN[C@@H]2CN(Cc3ccccc3)CC[C@@H]2C)cc1. The summed E-state index contributed by atoms with van der Waals surface area (Å²) in [6.45, 7) is 8.18. The van der Waals surface area contributed by atoms with E-state index in [-0.39, 0.29) is 0 Å². The number of rotatable bonds is 6. The molecule has 3 atom stereocenters. The van der Waals surface area contributed by atoms with Crippen LogP contribution in [0.3, 0.4) is 0 Å². The largest absolute Gasteiger partial charge is 0.387 e. The molecule has 2 N–H and O–H groups in total. The summed E-state index contributed by atoms with van der Waals surface area (Å²) < 4.78 is 0. The molecule has 0 bridgehead atoms. The van der Waals surface area contributed by atoms with Crippen LogP contribution in [-0.2, 0) is 6.54 Å². The van der Waals surface area contributed by atoms with Crippen molar-refractivity contribution in [2.75, 3.05) is 19.6 Å². The quantitative estimate of drug-likeness (QED) is 0.846. The first-order valence-corrected chi connectivity index (χ1v) is 9.36. The molecule has 1 aliphatic heterocycles. The van der Waals surface area contributed by atoms with Crippen LogP contribution in [0.25, 0.3) is 0 Å². The van der Waals surface area contributed by atoms with Crippen molar-refractivity contribution in [2.45, 2.75) is 39.0 Å². The van der Waals surface area contributed by atoms with Gasteiger partial charge in [0.15, 0.2) is 0 Å². The van der Waals surface area contributed by atoms with Crippen LogP contribution in [0.4, 0.5) is 0 Å². The molecular weight excluding hydrogens is 308 g/mol. The zero-order chi connectivity index (χ0) is 17.6. The van der Waals surface area contributed by atoms with Gasteiger partial charge in [0.1, 0.15) is 0 Å². The van der Waals surface area contributed by atoms with Crippen LogP contribution in [0.2, 0.25) is 0 Å². The maximum atomic E-state index is 10.5. The van der Waals surface area contributed by atoms with E-state index in [1.807, 2.05) is 12.1 Å². The van der Waals surface area contributed by atoms with Gasteiger partial charge in [0.05, 0.1) is 6.10 Å². The molecule has 0 saturated carbocycles. The first-order chi connectivity index (χ1) is 12.1. The highest BCUT2D eigenvalue weighted by molar-refractivity contribution is 5.23. The van der Waals surface area contributed by atoms with Crippen molar-refractivity contribution in [1.82, 2.24) is 10.2 Å². The maximum absolute atomic E-state index is 10.5. The summed E-state index contributed by atoms with van der Waals surface area (Å²) in [5.74, 6) is 0.636. The summed E-state index contributed by atoms with van der Waals surface area (Å²) in [4.78, 5) is 2.52. The molecule has 0 aliphatic carbocycles. The van der Waals surface area contributed by atoms with Crippen LogP contribution in [0.1, 0.15) is 36.1 Å². The summed E-state index contributed by atoms with van der Waals surface area (Å²) in [6.07, 6.45) is 0.753. The summed E-state index contributed by atoms with van der Waals surface area (Å²) in [6, 6.07) is 19.3. The lowest BCUT2D eigenvalue weighted by molar-refractivity contribution is 0.119. The van der Waals surface area contributed by atoms with Gasteiger partial charge in [-0.05, 0) is 36.9 Å². The molecule has 1 saturated heterocycles. The molecule has 1 heterocycles. The van der Waals surface area contributed by atoms with Crippen molar-refractivity contribution in [3.05, 3.63) is 71.3 Å². The van der Waals surface area contributed by atoms with Gasteiger partial charge >= 0.3 is 0 Å². The zero-order valence-corrected chi connectivity index (χ0v) is 15.4. The summed E-state index contributed by atoms with van der Waals surface area (Å²) in [7, 11) is 0. The number of aryl methyl sites for hydroxylation is 1. The van der Waals surface area contributed by atoms with E-state index in [2.05, 4.69) is 66.5 Å². The zero-order valence-electron chi connectivity index (χ0n) is 15.4. The molecule has 3 rings (SSSR count). The monoisotopic (exact) mass is 338 g/mol. The Morgan fingerprint density at radius 3 is 2.56 bits per heavy atom. The van der Waals surface area contributed by atoms with E-state index in [9.17, 15) is 5.11 Å². The Morgan fingerprint density at radius 1 is 1.12 bits per heavy atom. The van der Waals surface area contributed by atoms with Gasteiger partial charge in [-0.15, -0.1) is 0 Å². The molecule has 3 heteroatoms. The molecule has 134 valence electrons. The van der Waals surface area contributed by atoms with Gasteiger partial charge in [-0.1, -0.05) is 67.1 Å². The first-order valence-electron chi connectivity index (χ1n) is 9.36. The van der Waals surface area contributed by atoms with Gasteiger partial charge < -0.3 is 10.4 Å². The first kappa shape index (κ1) is 18.1. The number of piperidine rings is 1. The number of nitrogens with one attached hydrogen (secondary N) is 1. The van der Waals surface area contributed by atoms with Crippen LogP contribution in [-0.4, -0.2) is 35.7 Å². The fourth-order valence-corrected chi connectivity index (χ4v) is 3.56. The number of aliphatic hydroxyl groups is 1. The molecule has 1 fully saturated rings. The Morgan fingerprint density at radius 2 is 1.84 bits per heavy atom. The molecule has 0 radical (unpaired) electrons. The lowest BCUT2D eigenvalue weighted by atomic mass is 9.92. The molecule has 2 aromatic rings. The van der Waals surface area contributed by atoms with Crippen molar-refractivity contribution < 1.29 is 5.11 Å². The highest BCUT2D eigenvalue weighted by atomic mass is 16.3. The Bertz CT molecular complexity index is 641. The van der Waals surface area contributed by atoms with Crippen LogP contribution in [0.5, 0.6) is 0 Å². The number of hydrogen-bond donors (Lipinski definition) is 2. The van der Waals surface area contributed by atoms with Crippen LogP contribution < -0.4 is 5.32 Å². The summed E-state index contributed by atoms with van der Waals surface area (Å²) >= 11 is 0. The number of hydrogen-bond acceptors (Lipinski definition) is 3. The standard InChI is InChI=1S/C22H30N2O/c1-17-8-10-20(11-9-17)22(25)14-23-21-16-24(13-12-18(21)2)15-19-6-4-3-5-7-19/h3-11,18,21-23,25H,12-16H2,1-2H3/t18-,21+,22+/m0/s1. The van der Waals surface area contributed by atoms with E-state index in [0.29, 0.717) is 18.5 Å². The minimum absolute atomic E-state index is 0.428. The second-order valence-electron chi connectivity index (χ2n) is 7.43. The van der Waals surface area contributed by atoms with Gasteiger partial charge in [0.25, 0.3) is 0 Å². The average Bonchev–Trinajstić information content (AvgIpc) is 2.63. The fourth-order valence-electron chi connectivity index (χ4n) is 3.56. The lowest BCUT2D eigenvalue weighted by Crippen LogP contribution is -2.50. The van der Waals surface area contributed by atoms with E-state index in [1.54, 1.807) is 0 Å². The third-order valence-electron chi connectivity index (χ3n) is 5.33. The Labute approximate surface area is 151 Å². The molecule has 0 unspecified atom stereocenters. The van der Waals surface area contributed by atoms with Gasteiger partial charge in [0.2, 0.25) is 0 Å². The number of benzene rings is 2. The highest BCUT2D eigenvalue weighted by Gasteiger charge is 2.26. The maximum Gasteiger partial charge on any atom is 0.0914 e. The van der Waals surface area contributed by atoms with Crippen molar-refractivity contribution in [3.63, 3.8) is 0 Å².